The third-order valence-electron chi connectivity index (χ3n) is 2.98. The molecule has 0 fully saturated rings. The average molecular weight is 285 g/mol. The van der Waals surface area contributed by atoms with E-state index in [0.29, 0.717) is 5.95 Å². The molecule has 0 unspecified atom stereocenters. The van der Waals surface area contributed by atoms with Gasteiger partial charge in [-0.2, -0.15) is 4.98 Å². The van der Waals surface area contributed by atoms with Gasteiger partial charge in [0.2, 0.25) is 5.95 Å². The van der Waals surface area contributed by atoms with E-state index in [1.165, 1.54) is 4.88 Å². The Kier molecular flexibility index (Phi) is 3.76. The minimum absolute atomic E-state index is 0.419. The molecule has 0 aliphatic heterocycles. The van der Waals surface area contributed by atoms with Gasteiger partial charge >= 0.3 is 0 Å². The van der Waals surface area contributed by atoms with Crippen LogP contribution in [0.4, 0.5) is 11.8 Å². The van der Waals surface area contributed by atoms with E-state index < -0.39 is 0 Å². The summed E-state index contributed by atoms with van der Waals surface area (Å²) >= 11 is 1.76. The smallest absolute Gasteiger partial charge is 0.239 e. The summed E-state index contributed by atoms with van der Waals surface area (Å²) in [5.74, 6) is 6.64. The second-order valence-electron chi connectivity index (χ2n) is 4.31. The van der Waals surface area contributed by atoms with Gasteiger partial charge in [0.1, 0.15) is 5.82 Å². The third kappa shape index (κ3) is 2.71. The standard InChI is InChI=1S/C14H15N5S/c15-19-14-17-12-6-2-1-5-11(12)13(18-14)16-8-7-10-4-3-9-20-10/h1-6,9H,7-8,15H2,(H2,16,17,18,19). The first-order valence-electron chi connectivity index (χ1n) is 6.36. The molecule has 5 nitrogen and oxygen atoms in total. The zero-order valence-electron chi connectivity index (χ0n) is 10.8. The number of anilines is 2. The number of nitrogens with one attached hydrogen (secondary N) is 2. The van der Waals surface area contributed by atoms with Gasteiger partial charge in [-0.1, -0.05) is 18.2 Å². The van der Waals surface area contributed by atoms with Gasteiger partial charge in [0.25, 0.3) is 0 Å². The molecule has 1 aromatic carbocycles. The molecule has 2 aromatic heterocycles. The lowest BCUT2D eigenvalue weighted by molar-refractivity contribution is 1.02. The Morgan fingerprint density at radius 2 is 2.00 bits per heavy atom. The van der Waals surface area contributed by atoms with Crippen molar-refractivity contribution in [1.29, 1.82) is 0 Å². The molecule has 0 radical (unpaired) electrons. The minimum Gasteiger partial charge on any atom is -0.369 e. The summed E-state index contributed by atoms with van der Waals surface area (Å²) in [7, 11) is 0. The quantitative estimate of drug-likeness (QED) is 0.496. The van der Waals surface area contributed by atoms with Crippen LogP contribution in [0.15, 0.2) is 41.8 Å². The highest BCUT2D eigenvalue weighted by Crippen LogP contribution is 2.21. The molecule has 0 saturated heterocycles. The van der Waals surface area contributed by atoms with Crippen LogP contribution >= 0.6 is 11.3 Å². The van der Waals surface area contributed by atoms with Crippen molar-refractivity contribution in [3.8, 4) is 0 Å². The second-order valence-corrected chi connectivity index (χ2v) is 5.35. The Morgan fingerprint density at radius 3 is 2.80 bits per heavy atom. The van der Waals surface area contributed by atoms with Gasteiger partial charge in [0.05, 0.1) is 5.52 Å². The zero-order valence-corrected chi connectivity index (χ0v) is 11.7. The predicted octanol–water partition coefficient (Wildman–Crippen LogP) is 2.63. The van der Waals surface area contributed by atoms with Crippen molar-refractivity contribution in [3.05, 3.63) is 46.7 Å². The lowest BCUT2D eigenvalue weighted by Crippen LogP contribution is -2.13. The number of hydrogen-bond donors (Lipinski definition) is 3. The Morgan fingerprint density at radius 1 is 1.10 bits per heavy atom. The van der Waals surface area contributed by atoms with Gasteiger partial charge in [-0.3, -0.25) is 5.43 Å². The maximum absolute atomic E-state index is 5.41. The van der Waals surface area contributed by atoms with E-state index in [1.807, 2.05) is 24.3 Å². The summed E-state index contributed by atoms with van der Waals surface area (Å²) in [6.45, 7) is 0.825. The fourth-order valence-electron chi connectivity index (χ4n) is 2.03. The maximum atomic E-state index is 5.41. The zero-order chi connectivity index (χ0) is 13.8. The van der Waals surface area contributed by atoms with Crippen molar-refractivity contribution in [2.75, 3.05) is 17.3 Å². The lowest BCUT2D eigenvalue weighted by atomic mass is 10.2. The molecule has 102 valence electrons. The van der Waals surface area contributed by atoms with Crippen LogP contribution in [0.5, 0.6) is 0 Å². The molecule has 4 N–H and O–H groups in total. The van der Waals surface area contributed by atoms with E-state index in [2.05, 4.69) is 38.2 Å². The Labute approximate surface area is 120 Å². The number of aromatic nitrogens is 2. The number of hydrazine groups is 1. The number of benzene rings is 1. The molecule has 0 aliphatic rings. The molecule has 0 amide bonds. The molecule has 0 bridgehead atoms. The summed E-state index contributed by atoms with van der Waals surface area (Å²) < 4.78 is 0. The Balaban J connectivity index is 1.82. The first kappa shape index (κ1) is 12.8. The Hall–Kier alpha value is -2.18. The van der Waals surface area contributed by atoms with Crippen molar-refractivity contribution in [2.24, 2.45) is 5.84 Å². The van der Waals surface area contributed by atoms with Crippen LogP contribution in [0.3, 0.4) is 0 Å². The summed E-state index contributed by atoms with van der Waals surface area (Å²) in [4.78, 5) is 10.1. The van der Waals surface area contributed by atoms with Gasteiger partial charge in [-0.05, 0) is 30.0 Å². The molecule has 3 rings (SSSR count). The van der Waals surface area contributed by atoms with E-state index in [9.17, 15) is 0 Å². The van der Waals surface area contributed by atoms with Gasteiger partial charge < -0.3 is 5.32 Å². The topological polar surface area (TPSA) is 75.9 Å². The van der Waals surface area contributed by atoms with E-state index in [4.69, 9.17) is 5.84 Å². The first-order chi connectivity index (χ1) is 9.86. The van der Waals surface area contributed by atoms with Gasteiger partial charge in [0, 0.05) is 16.8 Å². The average Bonchev–Trinajstić information content (AvgIpc) is 3.00. The number of nitrogen functional groups attached to an aromatic ring is 1. The highest BCUT2D eigenvalue weighted by Gasteiger charge is 2.06. The van der Waals surface area contributed by atoms with Crippen molar-refractivity contribution in [3.63, 3.8) is 0 Å². The number of hydrogen-bond acceptors (Lipinski definition) is 6. The van der Waals surface area contributed by atoms with Crippen LogP contribution < -0.4 is 16.6 Å². The highest BCUT2D eigenvalue weighted by molar-refractivity contribution is 7.09. The molecule has 3 aromatic rings. The van der Waals surface area contributed by atoms with Crippen LogP contribution in [0, 0.1) is 0 Å². The molecular weight excluding hydrogens is 270 g/mol. The van der Waals surface area contributed by atoms with Crippen LogP contribution in [-0.2, 0) is 6.42 Å². The molecule has 0 spiro atoms. The lowest BCUT2D eigenvalue weighted by Gasteiger charge is -2.10. The normalized spacial score (nSPS) is 10.7. The van der Waals surface area contributed by atoms with E-state index >= 15 is 0 Å². The van der Waals surface area contributed by atoms with Crippen LogP contribution in [-0.4, -0.2) is 16.5 Å². The summed E-state index contributed by atoms with van der Waals surface area (Å²) in [6.07, 6.45) is 0.974. The molecule has 6 heteroatoms. The number of fused-ring (bicyclic) bond motifs is 1. The molecule has 0 saturated carbocycles. The monoisotopic (exact) mass is 285 g/mol. The molecule has 0 atom stereocenters. The number of rotatable bonds is 5. The summed E-state index contributed by atoms with van der Waals surface area (Å²) in [5, 5.41) is 6.45. The van der Waals surface area contributed by atoms with E-state index in [0.717, 1.165) is 29.7 Å². The molecule has 20 heavy (non-hydrogen) atoms. The largest absolute Gasteiger partial charge is 0.369 e. The second kappa shape index (κ2) is 5.85. The first-order valence-corrected chi connectivity index (χ1v) is 7.24. The third-order valence-corrected chi connectivity index (χ3v) is 3.91. The van der Waals surface area contributed by atoms with E-state index in [-0.39, 0.29) is 0 Å². The summed E-state index contributed by atoms with van der Waals surface area (Å²) in [5.41, 5.74) is 3.37. The predicted molar refractivity (Wildman–Crippen MR) is 83.9 cm³/mol. The van der Waals surface area contributed by atoms with Crippen molar-refractivity contribution >= 4 is 34.0 Å². The highest BCUT2D eigenvalue weighted by atomic mass is 32.1. The van der Waals surface area contributed by atoms with Gasteiger partial charge in [0.15, 0.2) is 0 Å². The number of nitrogens with two attached hydrogens (primary N) is 1. The Bertz CT molecular complexity index is 696. The van der Waals surface area contributed by atoms with Crippen molar-refractivity contribution < 1.29 is 0 Å². The van der Waals surface area contributed by atoms with Crippen LogP contribution in [0.2, 0.25) is 0 Å². The van der Waals surface area contributed by atoms with Crippen molar-refractivity contribution in [2.45, 2.75) is 6.42 Å². The number of thiophene rings is 1. The van der Waals surface area contributed by atoms with E-state index in [1.54, 1.807) is 11.3 Å². The number of para-hydroxylation sites is 1. The molecular formula is C14H15N5S. The fraction of sp³-hybridized carbons (Fsp3) is 0.143. The molecule has 2 heterocycles. The summed E-state index contributed by atoms with van der Waals surface area (Å²) in [6, 6.07) is 12.1. The van der Waals surface area contributed by atoms with Crippen molar-refractivity contribution in [1.82, 2.24) is 9.97 Å². The van der Waals surface area contributed by atoms with Crippen LogP contribution in [0.25, 0.3) is 10.9 Å². The molecule has 0 aliphatic carbocycles. The fourth-order valence-corrected chi connectivity index (χ4v) is 2.74. The SMILES string of the molecule is NNc1nc(NCCc2cccs2)c2ccccc2n1. The number of nitrogens with zero attached hydrogens (tertiary/aromatic N) is 2. The van der Waals surface area contributed by atoms with Gasteiger partial charge in [-0.15, -0.1) is 11.3 Å². The maximum Gasteiger partial charge on any atom is 0.239 e. The van der Waals surface area contributed by atoms with Crippen LogP contribution in [0.1, 0.15) is 4.88 Å². The van der Waals surface area contributed by atoms with Gasteiger partial charge in [-0.25, -0.2) is 10.8 Å². The minimum atomic E-state index is 0.419.